The summed E-state index contributed by atoms with van der Waals surface area (Å²) >= 11 is 5.59. The molecule has 0 spiro atoms. The van der Waals surface area contributed by atoms with Gasteiger partial charge in [0.25, 0.3) is 0 Å². The number of hydrogen-bond donors (Lipinski definition) is 2. The summed E-state index contributed by atoms with van der Waals surface area (Å²) in [5.74, 6) is -0.531. The first-order chi connectivity index (χ1) is 9.90. The van der Waals surface area contributed by atoms with E-state index in [0.29, 0.717) is 0 Å². The van der Waals surface area contributed by atoms with E-state index in [9.17, 15) is 17.9 Å². The summed E-state index contributed by atoms with van der Waals surface area (Å²) in [4.78, 5) is -0.107. The van der Waals surface area contributed by atoms with Gasteiger partial charge in [-0.15, -0.1) is 0 Å². The predicted octanol–water partition coefficient (Wildman–Crippen LogP) is 2.70. The average molecular weight is 336 g/mol. The molecule has 2 N–H and O–H groups in total. The summed E-state index contributed by atoms with van der Waals surface area (Å²) in [6, 6.07) is 3.22. The largest absolute Gasteiger partial charge is 0.391 e. The second-order valence-electron chi connectivity index (χ2n) is 5.39. The summed E-state index contributed by atoms with van der Waals surface area (Å²) in [6.45, 7) is -0.0397. The number of aliphatic hydroxyl groups is 1. The van der Waals surface area contributed by atoms with E-state index in [-0.39, 0.29) is 22.4 Å². The fraction of sp³-hybridized carbons (Fsp3) is 0.571. The number of benzene rings is 1. The first-order valence-electron chi connectivity index (χ1n) is 7.03. The monoisotopic (exact) mass is 335 g/mol. The van der Waals surface area contributed by atoms with E-state index in [4.69, 9.17) is 11.6 Å². The molecule has 1 saturated carbocycles. The zero-order valence-corrected chi connectivity index (χ0v) is 13.1. The lowest BCUT2D eigenvalue weighted by Crippen LogP contribution is -2.37. The van der Waals surface area contributed by atoms with E-state index < -0.39 is 21.9 Å². The van der Waals surface area contributed by atoms with Gasteiger partial charge in [0.1, 0.15) is 5.82 Å². The minimum Gasteiger partial charge on any atom is -0.391 e. The number of halogens is 2. The van der Waals surface area contributed by atoms with Gasteiger partial charge in [-0.25, -0.2) is 17.5 Å². The highest BCUT2D eigenvalue weighted by Crippen LogP contribution is 2.26. The molecule has 1 aliphatic carbocycles. The molecule has 0 aliphatic heterocycles. The second kappa shape index (κ2) is 7.05. The van der Waals surface area contributed by atoms with E-state index in [1.165, 1.54) is 6.42 Å². The Morgan fingerprint density at radius 2 is 2.00 bits per heavy atom. The Bertz CT molecular complexity index is 588. The Balaban J connectivity index is 1.98. The van der Waals surface area contributed by atoms with Gasteiger partial charge in [0.05, 0.1) is 16.0 Å². The zero-order chi connectivity index (χ0) is 15.5. The third-order valence-corrected chi connectivity index (χ3v) is 5.59. The molecule has 4 nitrogen and oxygen atoms in total. The van der Waals surface area contributed by atoms with Crippen molar-refractivity contribution in [3.63, 3.8) is 0 Å². The van der Waals surface area contributed by atoms with Crippen LogP contribution in [0, 0.1) is 11.7 Å². The maximum absolute atomic E-state index is 13.1. The number of nitrogens with one attached hydrogen (secondary N) is 1. The Morgan fingerprint density at radius 3 is 2.62 bits per heavy atom. The Kier molecular flexibility index (Phi) is 5.60. The Hall–Kier alpha value is -0.690. The molecule has 2 rings (SSSR count). The Morgan fingerprint density at radius 1 is 1.33 bits per heavy atom. The van der Waals surface area contributed by atoms with Crippen molar-refractivity contribution in [1.29, 1.82) is 0 Å². The summed E-state index contributed by atoms with van der Waals surface area (Å²) in [5, 5.41) is 9.83. The number of hydrogen-bond acceptors (Lipinski definition) is 3. The quantitative estimate of drug-likeness (QED) is 0.869. The lowest BCUT2D eigenvalue weighted by molar-refractivity contribution is 0.0888. The fourth-order valence-corrected chi connectivity index (χ4v) is 3.93. The van der Waals surface area contributed by atoms with Gasteiger partial charge in [0.2, 0.25) is 10.0 Å². The molecular formula is C14H19ClFNO3S. The van der Waals surface area contributed by atoms with Crippen LogP contribution in [0.1, 0.15) is 32.1 Å². The summed E-state index contributed by atoms with van der Waals surface area (Å²) in [5.41, 5.74) is 0. The minimum atomic E-state index is -3.79. The van der Waals surface area contributed by atoms with Crippen LogP contribution in [0.25, 0.3) is 0 Å². The molecule has 118 valence electrons. The van der Waals surface area contributed by atoms with E-state index in [1.807, 2.05) is 0 Å². The number of sulfonamides is 1. The first kappa shape index (κ1) is 16.7. The molecule has 0 aromatic heterocycles. The topological polar surface area (TPSA) is 66.4 Å². The van der Waals surface area contributed by atoms with Gasteiger partial charge in [-0.2, -0.15) is 0 Å². The maximum atomic E-state index is 13.1. The van der Waals surface area contributed by atoms with Crippen LogP contribution < -0.4 is 4.72 Å². The SMILES string of the molecule is O=S(=O)(NCC(O)C1CCCCC1)c1ccc(F)c(Cl)c1. The second-order valence-corrected chi connectivity index (χ2v) is 7.57. The van der Waals surface area contributed by atoms with Gasteiger partial charge in [-0.05, 0) is 37.0 Å². The molecule has 21 heavy (non-hydrogen) atoms. The van der Waals surface area contributed by atoms with Crippen molar-refractivity contribution in [2.24, 2.45) is 5.92 Å². The van der Waals surface area contributed by atoms with Gasteiger partial charge in [-0.3, -0.25) is 0 Å². The predicted molar refractivity (Wildman–Crippen MR) is 79.2 cm³/mol. The first-order valence-corrected chi connectivity index (χ1v) is 8.89. The Labute approximate surface area is 129 Å². The molecule has 0 bridgehead atoms. The van der Waals surface area contributed by atoms with E-state index in [1.54, 1.807) is 0 Å². The van der Waals surface area contributed by atoms with Crippen molar-refractivity contribution < 1.29 is 17.9 Å². The molecule has 1 fully saturated rings. The fourth-order valence-electron chi connectivity index (χ4n) is 2.61. The highest BCUT2D eigenvalue weighted by atomic mass is 35.5. The molecule has 0 heterocycles. The molecule has 1 aromatic carbocycles. The third kappa shape index (κ3) is 4.39. The number of aliphatic hydroxyl groups excluding tert-OH is 1. The molecule has 0 amide bonds. The van der Waals surface area contributed by atoms with E-state index in [0.717, 1.165) is 43.9 Å². The highest BCUT2D eigenvalue weighted by Gasteiger charge is 2.24. The van der Waals surface area contributed by atoms with Crippen molar-refractivity contribution in [3.8, 4) is 0 Å². The molecule has 0 radical (unpaired) electrons. The molecular weight excluding hydrogens is 317 g/mol. The van der Waals surface area contributed by atoms with Crippen molar-refractivity contribution in [2.45, 2.75) is 43.1 Å². The number of rotatable bonds is 5. The van der Waals surface area contributed by atoms with Crippen LogP contribution in [0.4, 0.5) is 4.39 Å². The molecule has 1 unspecified atom stereocenters. The molecule has 1 atom stereocenters. The molecule has 7 heteroatoms. The lowest BCUT2D eigenvalue weighted by atomic mass is 9.85. The van der Waals surface area contributed by atoms with Gasteiger partial charge in [0.15, 0.2) is 0 Å². The van der Waals surface area contributed by atoms with Crippen molar-refractivity contribution in [2.75, 3.05) is 6.54 Å². The molecule has 1 aromatic rings. The summed E-state index contributed by atoms with van der Waals surface area (Å²) in [6.07, 6.45) is 4.46. The summed E-state index contributed by atoms with van der Waals surface area (Å²) in [7, 11) is -3.79. The normalized spacial score (nSPS) is 18.6. The zero-order valence-electron chi connectivity index (χ0n) is 11.6. The van der Waals surface area contributed by atoms with Crippen LogP contribution in [-0.4, -0.2) is 26.2 Å². The average Bonchev–Trinajstić information content (AvgIpc) is 2.48. The standard InChI is InChI=1S/C14H19ClFNO3S/c15-12-8-11(6-7-13(12)16)21(19,20)17-9-14(18)10-4-2-1-3-5-10/h6-8,10,14,17-18H,1-5,9H2. The van der Waals surface area contributed by atoms with Crippen molar-refractivity contribution >= 4 is 21.6 Å². The van der Waals surface area contributed by atoms with Crippen LogP contribution in [0.5, 0.6) is 0 Å². The van der Waals surface area contributed by atoms with Crippen LogP contribution >= 0.6 is 11.6 Å². The lowest BCUT2D eigenvalue weighted by Gasteiger charge is -2.26. The van der Waals surface area contributed by atoms with Crippen LogP contribution in [0.2, 0.25) is 5.02 Å². The van der Waals surface area contributed by atoms with Gasteiger partial charge in [-0.1, -0.05) is 30.9 Å². The molecule has 1 aliphatic rings. The van der Waals surface area contributed by atoms with E-state index >= 15 is 0 Å². The summed E-state index contributed by atoms with van der Waals surface area (Å²) < 4.78 is 39.6. The smallest absolute Gasteiger partial charge is 0.240 e. The van der Waals surface area contributed by atoms with Gasteiger partial charge >= 0.3 is 0 Å². The van der Waals surface area contributed by atoms with Gasteiger partial charge < -0.3 is 5.11 Å². The van der Waals surface area contributed by atoms with Crippen molar-refractivity contribution in [3.05, 3.63) is 29.0 Å². The molecule has 0 saturated heterocycles. The van der Waals surface area contributed by atoms with Crippen LogP contribution in [-0.2, 0) is 10.0 Å². The highest BCUT2D eigenvalue weighted by molar-refractivity contribution is 7.89. The third-order valence-electron chi connectivity index (χ3n) is 3.88. The maximum Gasteiger partial charge on any atom is 0.240 e. The van der Waals surface area contributed by atoms with E-state index in [2.05, 4.69) is 4.72 Å². The van der Waals surface area contributed by atoms with Crippen LogP contribution in [0.3, 0.4) is 0 Å². The van der Waals surface area contributed by atoms with Crippen LogP contribution in [0.15, 0.2) is 23.1 Å². The minimum absolute atomic E-state index is 0.0397. The van der Waals surface area contributed by atoms with Crippen molar-refractivity contribution in [1.82, 2.24) is 4.72 Å². The van der Waals surface area contributed by atoms with Gasteiger partial charge in [0, 0.05) is 6.54 Å².